The van der Waals surface area contributed by atoms with Gasteiger partial charge in [0.2, 0.25) is 0 Å². The van der Waals surface area contributed by atoms with E-state index in [-0.39, 0.29) is 17.8 Å². The number of hydrogen-bond acceptors (Lipinski definition) is 4. The lowest BCUT2D eigenvalue weighted by Gasteiger charge is -2.05. The largest absolute Gasteiger partial charge is 0.396 e. The molecule has 1 aliphatic carbocycles. The molecule has 86 valence electrons. The van der Waals surface area contributed by atoms with Crippen molar-refractivity contribution in [1.29, 1.82) is 0 Å². The Morgan fingerprint density at radius 1 is 1.31 bits per heavy atom. The van der Waals surface area contributed by atoms with Crippen LogP contribution < -0.4 is 0 Å². The average Bonchev–Trinajstić information content (AvgIpc) is 2.66. The van der Waals surface area contributed by atoms with Gasteiger partial charge in [-0.05, 0) is 25.0 Å². The van der Waals surface area contributed by atoms with Crippen molar-refractivity contribution in [3.8, 4) is 0 Å². The Kier molecular flexibility index (Phi) is 3.96. The number of fused-ring (bicyclic) bond motifs is 1. The van der Waals surface area contributed by atoms with Gasteiger partial charge in [0, 0.05) is 17.6 Å². The lowest BCUT2D eigenvalue weighted by molar-refractivity contribution is -0.110. The summed E-state index contributed by atoms with van der Waals surface area (Å²) in [5.41, 5.74) is 0.955. The molecule has 0 saturated heterocycles. The predicted molar refractivity (Wildman–Crippen MR) is 66.6 cm³/mol. The molecule has 1 aliphatic heterocycles. The molecule has 0 radical (unpaired) electrons. The highest BCUT2D eigenvalue weighted by molar-refractivity contribution is 8.05. The third kappa shape index (κ3) is 2.83. The van der Waals surface area contributed by atoms with E-state index in [4.69, 9.17) is 5.11 Å². The predicted octanol–water partition coefficient (Wildman–Crippen LogP) is 2.08. The summed E-state index contributed by atoms with van der Waals surface area (Å²) in [6.45, 7) is 0.273. The Morgan fingerprint density at radius 2 is 2.19 bits per heavy atom. The van der Waals surface area contributed by atoms with Crippen LogP contribution in [0.15, 0.2) is 28.1 Å². The molecule has 4 heteroatoms. The van der Waals surface area contributed by atoms with E-state index in [1.54, 1.807) is 30.0 Å². The molecule has 1 unspecified atom stereocenters. The second-order valence-electron chi connectivity index (χ2n) is 3.90. The molecule has 3 nitrogen and oxygen atoms in total. The van der Waals surface area contributed by atoms with Crippen LogP contribution in [0.3, 0.4) is 0 Å². The second-order valence-corrected chi connectivity index (χ2v) is 5.12. The molecule has 0 bridgehead atoms. The van der Waals surface area contributed by atoms with E-state index in [0.29, 0.717) is 0 Å². The van der Waals surface area contributed by atoms with Crippen molar-refractivity contribution >= 4 is 23.3 Å². The van der Waals surface area contributed by atoms with Gasteiger partial charge in [0.25, 0.3) is 0 Å². The van der Waals surface area contributed by atoms with Crippen molar-refractivity contribution in [2.24, 2.45) is 4.99 Å². The van der Waals surface area contributed by atoms with Crippen molar-refractivity contribution in [1.82, 2.24) is 0 Å². The van der Waals surface area contributed by atoms with E-state index in [9.17, 15) is 4.79 Å². The van der Waals surface area contributed by atoms with Gasteiger partial charge >= 0.3 is 0 Å². The standard InChI is InChI=1S/C12H15NO2S/c14-7-3-1-2-4-12-13-10-6-5-9(15)8-11(10)16-12/h5-6,8,12,14H,1-4,7H2. The molecule has 0 aromatic carbocycles. The van der Waals surface area contributed by atoms with Crippen LogP contribution in [0.1, 0.15) is 25.7 Å². The highest BCUT2D eigenvalue weighted by Crippen LogP contribution is 2.36. The number of aliphatic hydroxyl groups is 1. The van der Waals surface area contributed by atoms with Crippen molar-refractivity contribution in [2.45, 2.75) is 31.1 Å². The first-order valence-electron chi connectivity index (χ1n) is 5.59. The van der Waals surface area contributed by atoms with E-state index < -0.39 is 0 Å². The minimum absolute atomic E-state index is 0.0578. The summed E-state index contributed by atoms with van der Waals surface area (Å²) in [5.74, 6) is 0.0578. The van der Waals surface area contributed by atoms with Crippen LogP contribution in [-0.2, 0) is 4.79 Å². The number of hydrogen-bond donors (Lipinski definition) is 1. The normalized spacial score (nSPS) is 23.1. The van der Waals surface area contributed by atoms with Gasteiger partial charge in [0.15, 0.2) is 5.78 Å². The Morgan fingerprint density at radius 3 is 3.00 bits per heavy atom. The molecule has 0 saturated carbocycles. The third-order valence-electron chi connectivity index (χ3n) is 2.59. The molecule has 1 heterocycles. The van der Waals surface area contributed by atoms with Crippen molar-refractivity contribution in [2.75, 3.05) is 6.61 Å². The van der Waals surface area contributed by atoms with Crippen LogP contribution in [0, 0.1) is 0 Å². The first kappa shape index (κ1) is 11.6. The fourth-order valence-corrected chi connectivity index (χ4v) is 2.92. The number of rotatable bonds is 5. The van der Waals surface area contributed by atoms with Crippen LogP contribution in [0.25, 0.3) is 0 Å². The zero-order chi connectivity index (χ0) is 11.4. The number of unbranched alkanes of at least 4 members (excludes halogenated alkanes) is 2. The highest BCUT2D eigenvalue weighted by atomic mass is 32.2. The van der Waals surface area contributed by atoms with Crippen LogP contribution >= 0.6 is 11.8 Å². The zero-order valence-electron chi connectivity index (χ0n) is 9.06. The molecule has 2 rings (SSSR count). The van der Waals surface area contributed by atoms with E-state index in [1.165, 1.54) is 0 Å². The van der Waals surface area contributed by atoms with Crippen LogP contribution in [-0.4, -0.2) is 28.6 Å². The monoisotopic (exact) mass is 237 g/mol. The van der Waals surface area contributed by atoms with Crippen molar-refractivity contribution in [3.05, 3.63) is 23.1 Å². The minimum atomic E-state index is 0.0578. The molecule has 0 aromatic heterocycles. The number of allylic oxidation sites excluding steroid dienone is 4. The number of ketones is 1. The molecule has 0 spiro atoms. The molecule has 0 amide bonds. The zero-order valence-corrected chi connectivity index (χ0v) is 9.87. The van der Waals surface area contributed by atoms with Gasteiger partial charge in [-0.1, -0.05) is 24.6 Å². The first-order valence-corrected chi connectivity index (χ1v) is 6.47. The maximum Gasteiger partial charge on any atom is 0.179 e. The fraction of sp³-hybridized carbons (Fsp3) is 0.500. The number of carbonyl (C=O) groups excluding carboxylic acids is 1. The second kappa shape index (κ2) is 5.46. The summed E-state index contributed by atoms with van der Waals surface area (Å²) in [4.78, 5) is 16.7. The topological polar surface area (TPSA) is 49.7 Å². The van der Waals surface area contributed by atoms with Gasteiger partial charge in [-0.25, -0.2) is 0 Å². The summed E-state index contributed by atoms with van der Waals surface area (Å²) in [6.07, 6.45) is 9.06. The quantitative estimate of drug-likeness (QED) is 0.588. The first-order chi connectivity index (χ1) is 7.79. The van der Waals surface area contributed by atoms with Crippen molar-refractivity contribution in [3.63, 3.8) is 0 Å². The average molecular weight is 237 g/mol. The molecule has 1 atom stereocenters. The number of thioether (sulfide) groups is 1. The summed E-state index contributed by atoms with van der Waals surface area (Å²) in [5, 5.41) is 8.93. The maximum atomic E-state index is 11.2. The van der Waals surface area contributed by atoms with Crippen LogP contribution in [0.4, 0.5) is 0 Å². The van der Waals surface area contributed by atoms with Gasteiger partial charge in [0.05, 0.1) is 5.71 Å². The van der Waals surface area contributed by atoms with E-state index in [0.717, 1.165) is 36.3 Å². The molecule has 2 aliphatic rings. The number of aliphatic imine (C=N–C) groups is 1. The number of carbonyl (C=O) groups is 1. The van der Waals surface area contributed by atoms with Gasteiger partial charge in [0.1, 0.15) is 5.37 Å². The van der Waals surface area contributed by atoms with Crippen LogP contribution in [0.5, 0.6) is 0 Å². The van der Waals surface area contributed by atoms with Crippen molar-refractivity contribution < 1.29 is 9.90 Å². The van der Waals surface area contributed by atoms with E-state index in [1.807, 2.05) is 0 Å². The van der Waals surface area contributed by atoms with Crippen LogP contribution in [0.2, 0.25) is 0 Å². The Hall–Kier alpha value is -0.870. The van der Waals surface area contributed by atoms with Gasteiger partial charge in [-0.3, -0.25) is 9.79 Å². The molecule has 0 aromatic rings. The molecule has 1 N–H and O–H groups in total. The number of aliphatic hydroxyl groups excluding tert-OH is 1. The SMILES string of the molecule is O=C1C=CC2=NC(CCCCCO)SC2=C1. The molecule has 0 fully saturated rings. The summed E-state index contributed by atoms with van der Waals surface area (Å²) < 4.78 is 0. The Labute approximate surface area is 99.3 Å². The van der Waals surface area contributed by atoms with E-state index >= 15 is 0 Å². The summed E-state index contributed by atoms with van der Waals surface area (Å²) >= 11 is 1.68. The summed E-state index contributed by atoms with van der Waals surface area (Å²) in [7, 11) is 0. The van der Waals surface area contributed by atoms with E-state index in [2.05, 4.69) is 4.99 Å². The smallest absolute Gasteiger partial charge is 0.179 e. The van der Waals surface area contributed by atoms with Gasteiger partial charge in [-0.2, -0.15) is 0 Å². The summed E-state index contributed by atoms with van der Waals surface area (Å²) in [6, 6.07) is 0. The molecular formula is C12H15NO2S. The van der Waals surface area contributed by atoms with Gasteiger partial charge in [-0.15, -0.1) is 0 Å². The Balaban J connectivity index is 1.83. The third-order valence-corrected chi connectivity index (χ3v) is 3.78. The Bertz CT molecular complexity index is 371. The maximum absolute atomic E-state index is 11.2. The van der Waals surface area contributed by atoms with Gasteiger partial charge < -0.3 is 5.11 Å². The highest BCUT2D eigenvalue weighted by Gasteiger charge is 2.23. The fourth-order valence-electron chi connectivity index (χ4n) is 1.75. The molecule has 16 heavy (non-hydrogen) atoms. The number of nitrogens with zero attached hydrogens (tertiary/aromatic N) is 1. The lowest BCUT2D eigenvalue weighted by atomic mass is 10.1. The lowest BCUT2D eigenvalue weighted by Crippen LogP contribution is -2.01. The molecular weight excluding hydrogens is 222 g/mol. The minimum Gasteiger partial charge on any atom is -0.396 e.